The number of para-hydroxylation sites is 4. The van der Waals surface area contributed by atoms with Crippen LogP contribution in [0.1, 0.15) is 5.56 Å². The highest BCUT2D eigenvalue weighted by molar-refractivity contribution is 6.04. The fourth-order valence-corrected chi connectivity index (χ4v) is 4.43. The van der Waals surface area contributed by atoms with Crippen molar-refractivity contribution in [1.82, 2.24) is 23.2 Å². The van der Waals surface area contributed by atoms with Crippen molar-refractivity contribution in [2.75, 3.05) is 0 Å². The largest absolute Gasteiger partial charge is 0.416 e. The van der Waals surface area contributed by atoms with Gasteiger partial charge in [-0.15, -0.1) is 0 Å². The van der Waals surface area contributed by atoms with E-state index in [1.54, 1.807) is 8.80 Å². The number of hydrogen-bond donors (Lipinski definition) is 0. The number of imidazole rings is 4. The van der Waals surface area contributed by atoms with Crippen LogP contribution in [0.4, 0.5) is 13.2 Å². The molecule has 29 heavy (non-hydrogen) atoms. The minimum Gasteiger partial charge on any atom is -0.276 e. The second kappa shape index (κ2) is 4.60. The number of aromatic nitrogens is 5. The molecule has 0 radical (unpaired) electrons. The van der Waals surface area contributed by atoms with Crippen LogP contribution in [0.25, 0.3) is 50.2 Å². The van der Waals surface area contributed by atoms with Gasteiger partial charge in [0, 0.05) is 0 Å². The maximum atomic E-state index is 13.8. The summed E-state index contributed by atoms with van der Waals surface area (Å²) in [6.45, 7) is 0. The number of fused-ring (bicyclic) bond motifs is 10. The van der Waals surface area contributed by atoms with Crippen molar-refractivity contribution >= 4 is 50.2 Å². The molecule has 0 bridgehead atoms. The summed E-state index contributed by atoms with van der Waals surface area (Å²) >= 11 is 0. The third-order valence-electron chi connectivity index (χ3n) is 5.59. The quantitative estimate of drug-likeness (QED) is 0.360. The highest BCUT2D eigenvalue weighted by atomic mass is 19.4. The lowest BCUT2D eigenvalue weighted by Crippen LogP contribution is -2.05. The van der Waals surface area contributed by atoms with Gasteiger partial charge in [0.15, 0.2) is 0 Å². The molecule has 0 aliphatic carbocycles. The van der Waals surface area contributed by atoms with Crippen LogP contribution in [0.5, 0.6) is 0 Å². The van der Waals surface area contributed by atoms with E-state index in [0.29, 0.717) is 28.1 Å². The summed E-state index contributed by atoms with van der Waals surface area (Å²) in [6, 6.07) is 17.3. The molecule has 0 spiro atoms. The summed E-state index contributed by atoms with van der Waals surface area (Å²) in [5.74, 6) is 1.10. The molecule has 7 aromatic rings. The summed E-state index contributed by atoms with van der Waals surface area (Å²) in [7, 11) is 0. The number of alkyl halides is 3. The topological polar surface area (TPSA) is 39.0 Å². The molecule has 8 heteroatoms. The number of rotatable bonds is 0. The maximum absolute atomic E-state index is 13.8. The van der Waals surface area contributed by atoms with Crippen LogP contribution in [0.3, 0.4) is 0 Å². The minimum absolute atomic E-state index is 0.466. The average molecular weight is 389 g/mol. The molecule has 0 unspecified atom stereocenters. The maximum Gasteiger partial charge on any atom is 0.416 e. The molecule has 5 nitrogen and oxygen atoms in total. The highest BCUT2D eigenvalue weighted by Crippen LogP contribution is 2.39. The Balaban J connectivity index is 1.87. The van der Waals surface area contributed by atoms with Gasteiger partial charge in [-0.1, -0.05) is 24.3 Å². The van der Waals surface area contributed by atoms with Gasteiger partial charge in [-0.05, 0) is 36.4 Å². The van der Waals surface area contributed by atoms with Crippen molar-refractivity contribution in [3.8, 4) is 0 Å². The standard InChI is InChI=1S/C21H10F3N5/c22-21(23,24)11-9-16-18-17(10-11)28-15-8-4-2-6-13(15)26-20(28)29(18)19-25-12-5-1-3-7-14(12)27(16)19/h1-10H. The molecule has 0 aliphatic rings. The van der Waals surface area contributed by atoms with Crippen LogP contribution in [0.2, 0.25) is 0 Å². The zero-order valence-corrected chi connectivity index (χ0v) is 14.6. The van der Waals surface area contributed by atoms with Gasteiger partial charge >= 0.3 is 6.18 Å². The summed E-state index contributed by atoms with van der Waals surface area (Å²) < 4.78 is 46.7. The highest BCUT2D eigenvalue weighted by Gasteiger charge is 2.34. The molecule has 140 valence electrons. The zero-order chi connectivity index (χ0) is 19.5. The molecule has 0 saturated carbocycles. The van der Waals surface area contributed by atoms with E-state index in [4.69, 9.17) is 9.97 Å². The van der Waals surface area contributed by atoms with Crippen LogP contribution >= 0.6 is 0 Å². The molecule has 0 fully saturated rings. The fraction of sp³-hybridized carbons (Fsp3) is 0.0476. The van der Waals surface area contributed by atoms with Gasteiger partial charge < -0.3 is 0 Å². The van der Waals surface area contributed by atoms with Crippen LogP contribution in [-0.4, -0.2) is 23.2 Å². The number of hydrogen-bond acceptors (Lipinski definition) is 2. The van der Waals surface area contributed by atoms with Crippen LogP contribution < -0.4 is 0 Å². The van der Waals surface area contributed by atoms with E-state index >= 15 is 0 Å². The molecule has 0 N–H and O–H groups in total. The van der Waals surface area contributed by atoms with Crippen molar-refractivity contribution in [3.63, 3.8) is 0 Å². The molecule has 0 amide bonds. The molecule has 7 rings (SSSR count). The van der Waals surface area contributed by atoms with Crippen molar-refractivity contribution < 1.29 is 13.2 Å². The number of benzene rings is 3. The Bertz CT molecular complexity index is 1630. The van der Waals surface area contributed by atoms with Gasteiger partial charge in [0.2, 0.25) is 11.6 Å². The van der Waals surface area contributed by atoms with Gasteiger partial charge in [0.1, 0.15) is 5.52 Å². The summed E-state index contributed by atoms with van der Waals surface area (Å²) in [4.78, 5) is 9.42. The lowest BCUT2D eigenvalue weighted by molar-refractivity contribution is -0.137. The first-order chi connectivity index (χ1) is 14.0. The molecule has 4 aromatic heterocycles. The monoisotopic (exact) mass is 389 g/mol. The minimum atomic E-state index is -4.46. The fourth-order valence-electron chi connectivity index (χ4n) is 4.43. The predicted octanol–water partition coefficient (Wildman–Crippen LogP) is 5.15. The predicted molar refractivity (Wildman–Crippen MR) is 104 cm³/mol. The van der Waals surface area contributed by atoms with Crippen molar-refractivity contribution in [3.05, 3.63) is 66.2 Å². The molecule has 3 aromatic carbocycles. The lowest BCUT2D eigenvalue weighted by Gasteiger charge is -2.07. The first kappa shape index (κ1) is 15.2. The molecule has 0 saturated heterocycles. The van der Waals surface area contributed by atoms with E-state index < -0.39 is 11.7 Å². The molecular formula is C21H10F3N5. The zero-order valence-electron chi connectivity index (χ0n) is 14.6. The SMILES string of the molecule is FC(F)(F)c1cc2c3c(c1)n1c4ccccc4nc1n3c1nc3ccccc3n21. The number of halogens is 3. The summed E-state index contributed by atoms with van der Waals surface area (Å²) in [6.07, 6.45) is -4.46. The Hall–Kier alpha value is -3.81. The first-order valence-electron chi connectivity index (χ1n) is 9.03. The summed E-state index contributed by atoms with van der Waals surface area (Å²) in [5.41, 5.74) is 3.90. The Kier molecular flexibility index (Phi) is 2.40. The van der Waals surface area contributed by atoms with Crippen LogP contribution in [-0.2, 0) is 6.18 Å². The third-order valence-corrected chi connectivity index (χ3v) is 5.59. The van der Waals surface area contributed by atoms with Crippen molar-refractivity contribution in [2.24, 2.45) is 0 Å². The molecule has 0 atom stereocenters. The van der Waals surface area contributed by atoms with Crippen molar-refractivity contribution in [2.45, 2.75) is 6.18 Å². The first-order valence-corrected chi connectivity index (χ1v) is 9.03. The Morgan fingerprint density at radius 2 is 1.10 bits per heavy atom. The van der Waals surface area contributed by atoms with Gasteiger partial charge in [-0.2, -0.15) is 13.2 Å². The van der Waals surface area contributed by atoms with E-state index in [2.05, 4.69) is 0 Å². The molecule has 4 heterocycles. The van der Waals surface area contributed by atoms with Crippen molar-refractivity contribution in [1.29, 1.82) is 0 Å². The normalized spacial score (nSPS) is 13.3. The Morgan fingerprint density at radius 1 is 0.621 bits per heavy atom. The molecule has 0 aliphatic heterocycles. The van der Waals surface area contributed by atoms with Gasteiger partial charge in [-0.3, -0.25) is 8.80 Å². The number of nitrogens with zero attached hydrogens (tertiary/aromatic N) is 5. The van der Waals surface area contributed by atoms with E-state index in [-0.39, 0.29) is 0 Å². The second-order valence-corrected chi connectivity index (χ2v) is 7.17. The van der Waals surface area contributed by atoms with Gasteiger partial charge in [0.25, 0.3) is 0 Å². The Morgan fingerprint density at radius 3 is 1.59 bits per heavy atom. The van der Waals surface area contributed by atoms with E-state index in [1.165, 1.54) is 12.1 Å². The smallest absolute Gasteiger partial charge is 0.276 e. The summed E-state index contributed by atoms with van der Waals surface area (Å²) in [5, 5.41) is 0. The lowest BCUT2D eigenvalue weighted by atomic mass is 10.1. The van der Waals surface area contributed by atoms with E-state index in [0.717, 1.165) is 22.1 Å². The van der Waals surface area contributed by atoms with E-state index in [9.17, 15) is 13.2 Å². The third kappa shape index (κ3) is 1.68. The second-order valence-electron chi connectivity index (χ2n) is 7.17. The van der Waals surface area contributed by atoms with Crippen LogP contribution in [0.15, 0.2) is 60.7 Å². The van der Waals surface area contributed by atoms with Crippen LogP contribution in [0, 0.1) is 0 Å². The van der Waals surface area contributed by atoms with Gasteiger partial charge in [0.05, 0.1) is 38.7 Å². The Labute approximate surface area is 159 Å². The average Bonchev–Trinajstić information content (AvgIpc) is 3.40. The van der Waals surface area contributed by atoms with Gasteiger partial charge in [-0.25, -0.2) is 14.4 Å². The molecular weight excluding hydrogens is 379 g/mol. The van der Waals surface area contributed by atoms with E-state index in [1.807, 2.05) is 52.9 Å².